The third-order valence-electron chi connectivity index (χ3n) is 3.43. The second kappa shape index (κ2) is 3.87. The maximum atomic E-state index is 4.35. The van der Waals surface area contributed by atoms with Gasteiger partial charge in [-0.15, -0.1) is 0 Å². The molecule has 1 aliphatic rings. The molecular weight excluding hydrogens is 200 g/mol. The Hall–Kier alpha value is -1.42. The maximum absolute atomic E-state index is 4.35. The van der Waals surface area contributed by atoms with Crippen molar-refractivity contribution >= 4 is 11.2 Å². The molecule has 4 nitrogen and oxygen atoms in total. The highest BCUT2D eigenvalue weighted by molar-refractivity contribution is 5.70. The summed E-state index contributed by atoms with van der Waals surface area (Å²) in [7, 11) is 2.18. The third kappa shape index (κ3) is 1.59. The molecule has 0 unspecified atom stereocenters. The van der Waals surface area contributed by atoms with Crippen LogP contribution in [0.25, 0.3) is 11.2 Å². The van der Waals surface area contributed by atoms with Crippen LogP contribution in [0, 0.1) is 0 Å². The molecule has 4 heteroatoms. The summed E-state index contributed by atoms with van der Waals surface area (Å²) in [4.78, 5) is 11.0. The molecule has 1 aliphatic heterocycles. The predicted molar refractivity (Wildman–Crippen MR) is 63.3 cm³/mol. The topological polar surface area (TPSA) is 34.0 Å². The van der Waals surface area contributed by atoms with Gasteiger partial charge in [0.1, 0.15) is 0 Å². The second-order valence-corrected chi connectivity index (χ2v) is 4.53. The fourth-order valence-electron chi connectivity index (χ4n) is 2.43. The van der Waals surface area contributed by atoms with Crippen molar-refractivity contribution in [3.8, 4) is 0 Å². The summed E-state index contributed by atoms with van der Waals surface area (Å²) in [5.41, 5.74) is 2.03. The standard InChI is InChI=1S/C12H16N4/c1-15-7-4-10(5-8-15)16-9-14-12-11(16)3-2-6-13-12/h2-3,6,9-10H,4-5,7-8H2,1H3. The van der Waals surface area contributed by atoms with Crippen LogP contribution >= 0.6 is 0 Å². The lowest BCUT2D eigenvalue weighted by molar-refractivity contribution is 0.223. The number of aromatic nitrogens is 3. The molecular formula is C12H16N4. The number of imidazole rings is 1. The quantitative estimate of drug-likeness (QED) is 0.727. The zero-order chi connectivity index (χ0) is 11.0. The van der Waals surface area contributed by atoms with Gasteiger partial charge in [-0.3, -0.25) is 0 Å². The van der Waals surface area contributed by atoms with Crippen molar-refractivity contribution in [2.24, 2.45) is 0 Å². The van der Waals surface area contributed by atoms with E-state index in [-0.39, 0.29) is 0 Å². The van der Waals surface area contributed by atoms with Gasteiger partial charge in [-0.1, -0.05) is 0 Å². The summed E-state index contributed by atoms with van der Waals surface area (Å²) in [5, 5.41) is 0. The minimum Gasteiger partial charge on any atom is -0.326 e. The molecule has 0 aromatic carbocycles. The highest BCUT2D eigenvalue weighted by atomic mass is 15.2. The minimum atomic E-state index is 0.588. The van der Waals surface area contributed by atoms with E-state index in [0.717, 1.165) is 11.2 Å². The molecule has 16 heavy (non-hydrogen) atoms. The van der Waals surface area contributed by atoms with E-state index in [1.165, 1.54) is 25.9 Å². The summed E-state index contributed by atoms with van der Waals surface area (Å²) in [5.74, 6) is 0. The van der Waals surface area contributed by atoms with E-state index in [0.29, 0.717) is 6.04 Å². The number of pyridine rings is 1. The van der Waals surface area contributed by atoms with Gasteiger partial charge in [-0.05, 0) is 45.1 Å². The number of fused-ring (bicyclic) bond motifs is 1. The first-order valence-corrected chi connectivity index (χ1v) is 5.81. The minimum absolute atomic E-state index is 0.588. The Kier molecular flexibility index (Phi) is 2.36. The smallest absolute Gasteiger partial charge is 0.177 e. The van der Waals surface area contributed by atoms with Crippen LogP contribution in [0.3, 0.4) is 0 Å². The lowest BCUT2D eigenvalue weighted by Gasteiger charge is -2.29. The van der Waals surface area contributed by atoms with Crippen LogP contribution in [0.1, 0.15) is 18.9 Å². The Morgan fingerprint density at radius 3 is 2.88 bits per heavy atom. The third-order valence-corrected chi connectivity index (χ3v) is 3.43. The molecule has 2 aromatic heterocycles. The fourth-order valence-corrected chi connectivity index (χ4v) is 2.43. The van der Waals surface area contributed by atoms with Crippen molar-refractivity contribution < 1.29 is 0 Å². The number of hydrogen-bond acceptors (Lipinski definition) is 3. The number of rotatable bonds is 1. The number of piperidine rings is 1. The van der Waals surface area contributed by atoms with E-state index < -0.39 is 0 Å². The van der Waals surface area contributed by atoms with E-state index in [1.807, 2.05) is 12.4 Å². The lowest BCUT2D eigenvalue weighted by Crippen LogP contribution is -2.31. The van der Waals surface area contributed by atoms with Crippen LogP contribution in [0.15, 0.2) is 24.7 Å². The second-order valence-electron chi connectivity index (χ2n) is 4.53. The maximum Gasteiger partial charge on any atom is 0.177 e. The van der Waals surface area contributed by atoms with Gasteiger partial charge in [0.2, 0.25) is 0 Å². The number of likely N-dealkylation sites (tertiary alicyclic amines) is 1. The van der Waals surface area contributed by atoms with Gasteiger partial charge in [-0.25, -0.2) is 9.97 Å². The SMILES string of the molecule is CN1CCC(n2cnc3ncccc32)CC1. The molecule has 0 spiro atoms. The molecule has 2 aromatic rings. The van der Waals surface area contributed by atoms with Gasteiger partial charge in [0.25, 0.3) is 0 Å². The van der Waals surface area contributed by atoms with E-state index in [1.54, 1.807) is 6.20 Å². The van der Waals surface area contributed by atoms with Crippen LogP contribution in [0.5, 0.6) is 0 Å². The Balaban J connectivity index is 1.94. The largest absolute Gasteiger partial charge is 0.326 e. The Labute approximate surface area is 94.9 Å². The first-order valence-electron chi connectivity index (χ1n) is 5.81. The van der Waals surface area contributed by atoms with Crippen molar-refractivity contribution in [2.45, 2.75) is 18.9 Å². The van der Waals surface area contributed by atoms with E-state index in [4.69, 9.17) is 0 Å². The number of nitrogens with zero attached hydrogens (tertiary/aromatic N) is 4. The van der Waals surface area contributed by atoms with Crippen LogP contribution in [0.2, 0.25) is 0 Å². The molecule has 0 bridgehead atoms. The van der Waals surface area contributed by atoms with Crippen molar-refractivity contribution in [3.63, 3.8) is 0 Å². The average Bonchev–Trinajstić information content (AvgIpc) is 2.74. The van der Waals surface area contributed by atoms with E-state index in [9.17, 15) is 0 Å². The molecule has 0 amide bonds. The number of hydrogen-bond donors (Lipinski definition) is 0. The summed E-state index contributed by atoms with van der Waals surface area (Å²) < 4.78 is 2.29. The van der Waals surface area contributed by atoms with Crippen molar-refractivity contribution in [1.29, 1.82) is 0 Å². The summed E-state index contributed by atoms with van der Waals surface area (Å²) in [6, 6.07) is 4.67. The van der Waals surface area contributed by atoms with Gasteiger partial charge >= 0.3 is 0 Å². The van der Waals surface area contributed by atoms with Crippen LogP contribution in [0.4, 0.5) is 0 Å². The normalized spacial score (nSPS) is 19.3. The molecule has 0 aliphatic carbocycles. The molecule has 3 heterocycles. The molecule has 84 valence electrons. The van der Waals surface area contributed by atoms with Crippen molar-refractivity contribution in [1.82, 2.24) is 19.4 Å². The summed E-state index contributed by atoms with van der Waals surface area (Å²) in [6.45, 7) is 2.34. The first kappa shape index (κ1) is 9.78. The fraction of sp³-hybridized carbons (Fsp3) is 0.500. The lowest BCUT2D eigenvalue weighted by atomic mass is 10.1. The van der Waals surface area contributed by atoms with Crippen LogP contribution < -0.4 is 0 Å². The highest BCUT2D eigenvalue weighted by Crippen LogP contribution is 2.24. The zero-order valence-corrected chi connectivity index (χ0v) is 9.50. The molecule has 1 saturated heterocycles. The average molecular weight is 216 g/mol. The molecule has 3 rings (SSSR count). The molecule has 0 saturated carbocycles. The molecule has 0 atom stereocenters. The molecule has 0 radical (unpaired) electrons. The highest BCUT2D eigenvalue weighted by Gasteiger charge is 2.19. The summed E-state index contributed by atoms with van der Waals surface area (Å²) >= 11 is 0. The van der Waals surface area contributed by atoms with Gasteiger partial charge in [-0.2, -0.15) is 0 Å². The van der Waals surface area contributed by atoms with Gasteiger partial charge < -0.3 is 9.47 Å². The zero-order valence-electron chi connectivity index (χ0n) is 9.50. The first-order chi connectivity index (χ1) is 7.84. The molecule has 1 fully saturated rings. The predicted octanol–water partition coefficient (Wildman–Crippen LogP) is 1.70. The van der Waals surface area contributed by atoms with E-state index in [2.05, 4.69) is 32.5 Å². The van der Waals surface area contributed by atoms with E-state index >= 15 is 0 Å². The Morgan fingerprint density at radius 1 is 1.25 bits per heavy atom. The van der Waals surface area contributed by atoms with Crippen molar-refractivity contribution in [3.05, 3.63) is 24.7 Å². The van der Waals surface area contributed by atoms with Crippen molar-refractivity contribution in [2.75, 3.05) is 20.1 Å². The monoisotopic (exact) mass is 216 g/mol. The van der Waals surface area contributed by atoms with Gasteiger partial charge in [0, 0.05) is 12.2 Å². The van der Waals surface area contributed by atoms with Crippen LogP contribution in [-0.2, 0) is 0 Å². The Bertz CT molecular complexity index is 482. The van der Waals surface area contributed by atoms with Gasteiger partial charge in [0.15, 0.2) is 5.65 Å². The van der Waals surface area contributed by atoms with Crippen LogP contribution in [-0.4, -0.2) is 39.6 Å². The molecule has 0 N–H and O–H groups in total. The summed E-state index contributed by atoms with van der Waals surface area (Å²) in [6.07, 6.45) is 6.15. The van der Waals surface area contributed by atoms with Gasteiger partial charge in [0.05, 0.1) is 11.8 Å². The Morgan fingerprint density at radius 2 is 2.06 bits per heavy atom.